The van der Waals surface area contributed by atoms with Crippen LogP contribution in [0.5, 0.6) is 0 Å². The summed E-state index contributed by atoms with van der Waals surface area (Å²) in [5.74, 6) is 0. The molecule has 0 unspecified atom stereocenters. The molecule has 1 aromatic carbocycles. The molecule has 1 rings (SSSR count). The Morgan fingerprint density at radius 3 is 2.31 bits per heavy atom. The summed E-state index contributed by atoms with van der Waals surface area (Å²) >= 11 is 5.62. The first-order valence-corrected chi connectivity index (χ1v) is 4.92. The van der Waals surface area contributed by atoms with E-state index in [0.29, 0.717) is 5.56 Å². The van der Waals surface area contributed by atoms with Gasteiger partial charge in [-0.1, -0.05) is 17.7 Å². The molecule has 6 heteroatoms. The van der Waals surface area contributed by atoms with Crippen molar-refractivity contribution >= 4 is 21.7 Å². The zero-order valence-electron chi connectivity index (χ0n) is 7.24. The Hall–Kier alpha value is 0.420. The van der Waals surface area contributed by atoms with Crippen molar-refractivity contribution in [1.82, 2.24) is 0 Å². The molecule has 0 aromatic heterocycles. The maximum atomic E-state index is 10.6. The van der Waals surface area contributed by atoms with Crippen molar-refractivity contribution in [2.75, 3.05) is 0 Å². The van der Waals surface area contributed by atoms with Gasteiger partial charge in [0.1, 0.15) is 10.1 Å². The Labute approximate surface area is 104 Å². The first-order chi connectivity index (χ1) is 5.43. The monoisotopic (exact) mass is 228 g/mol. The van der Waals surface area contributed by atoms with Crippen molar-refractivity contribution in [2.24, 2.45) is 0 Å². The topological polar surface area (TPSA) is 57.2 Å². The number of rotatable bonds is 1. The van der Waals surface area contributed by atoms with Crippen LogP contribution in [0.25, 0.3) is 0 Å². The first-order valence-electron chi connectivity index (χ1n) is 3.14. The minimum Gasteiger partial charge on any atom is -0.744 e. The summed E-state index contributed by atoms with van der Waals surface area (Å²) in [5.41, 5.74) is 0.300. The zero-order chi connectivity index (χ0) is 9.35. The van der Waals surface area contributed by atoms with Crippen LogP contribution in [0.3, 0.4) is 0 Å². The summed E-state index contributed by atoms with van der Waals surface area (Å²) in [6.45, 7) is 1.49. The summed E-state index contributed by atoms with van der Waals surface area (Å²) in [4.78, 5) is -0.255. The Balaban J connectivity index is 0.00000144. The van der Waals surface area contributed by atoms with E-state index in [2.05, 4.69) is 0 Å². The SMILES string of the molecule is Cc1c(Cl)cccc1S(=O)(=O)[O-].[Na+]. The van der Waals surface area contributed by atoms with E-state index in [9.17, 15) is 13.0 Å². The van der Waals surface area contributed by atoms with Gasteiger partial charge in [-0.2, -0.15) is 0 Å². The second-order valence-electron chi connectivity index (χ2n) is 2.32. The summed E-state index contributed by atoms with van der Waals surface area (Å²) in [6.07, 6.45) is 0. The first kappa shape index (κ1) is 13.4. The van der Waals surface area contributed by atoms with Crippen LogP contribution in [0.1, 0.15) is 5.56 Å². The minimum absolute atomic E-state index is 0. The van der Waals surface area contributed by atoms with E-state index in [0.717, 1.165) is 0 Å². The number of hydrogen-bond donors (Lipinski definition) is 0. The smallest absolute Gasteiger partial charge is 0.744 e. The van der Waals surface area contributed by atoms with Crippen LogP contribution in [0.15, 0.2) is 23.1 Å². The van der Waals surface area contributed by atoms with Crippen LogP contribution in [0.4, 0.5) is 0 Å². The van der Waals surface area contributed by atoms with E-state index >= 15 is 0 Å². The largest absolute Gasteiger partial charge is 1.00 e. The van der Waals surface area contributed by atoms with E-state index in [1.807, 2.05) is 0 Å². The standard InChI is InChI=1S/C7H7ClO3S.Na/c1-5-6(8)3-2-4-7(5)12(9,10)11;/h2-4H,1H3,(H,9,10,11);/q;+1/p-1. The van der Waals surface area contributed by atoms with Gasteiger partial charge in [0.25, 0.3) is 0 Å². The molecule has 3 nitrogen and oxygen atoms in total. The average Bonchev–Trinajstić information content (AvgIpc) is 1.92. The molecule has 0 atom stereocenters. The molecule has 66 valence electrons. The zero-order valence-corrected chi connectivity index (χ0v) is 10.8. The van der Waals surface area contributed by atoms with E-state index < -0.39 is 10.1 Å². The Morgan fingerprint density at radius 1 is 1.38 bits per heavy atom. The molecule has 0 saturated heterocycles. The van der Waals surface area contributed by atoms with Gasteiger partial charge in [-0.25, -0.2) is 8.42 Å². The normalized spacial score (nSPS) is 10.7. The molecule has 0 amide bonds. The van der Waals surface area contributed by atoms with Gasteiger partial charge in [0.2, 0.25) is 0 Å². The molecule has 1 aromatic rings. The van der Waals surface area contributed by atoms with Gasteiger partial charge in [0.15, 0.2) is 0 Å². The third kappa shape index (κ3) is 3.23. The second kappa shape index (κ2) is 4.77. The Bertz CT molecular complexity index is 402. The Morgan fingerprint density at radius 2 is 1.92 bits per heavy atom. The average molecular weight is 229 g/mol. The fraction of sp³-hybridized carbons (Fsp3) is 0.143. The van der Waals surface area contributed by atoms with E-state index in [4.69, 9.17) is 11.6 Å². The number of benzene rings is 1. The van der Waals surface area contributed by atoms with Gasteiger partial charge in [0.05, 0.1) is 4.90 Å². The molecule has 0 saturated carbocycles. The molecule has 0 spiro atoms. The molecule has 0 heterocycles. The third-order valence-electron chi connectivity index (χ3n) is 1.49. The molecule has 0 aliphatic carbocycles. The van der Waals surface area contributed by atoms with Crippen molar-refractivity contribution in [1.29, 1.82) is 0 Å². The third-order valence-corrected chi connectivity index (χ3v) is 2.88. The summed E-state index contributed by atoms with van der Waals surface area (Å²) in [5, 5.41) is 0.284. The van der Waals surface area contributed by atoms with Gasteiger partial charge in [-0.15, -0.1) is 0 Å². The predicted molar refractivity (Wildman–Crippen MR) is 44.2 cm³/mol. The molecule has 13 heavy (non-hydrogen) atoms. The predicted octanol–water partition coefficient (Wildman–Crippen LogP) is -1.44. The molecular formula is C7H6ClNaO3S. The molecule has 0 N–H and O–H groups in total. The van der Waals surface area contributed by atoms with Gasteiger partial charge < -0.3 is 4.55 Å². The molecule has 0 aliphatic rings. The summed E-state index contributed by atoms with van der Waals surface area (Å²) in [7, 11) is -4.39. The minimum atomic E-state index is -4.39. The molecule has 0 bridgehead atoms. The van der Waals surface area contributed by atoms with Gasteiger partial charge in [0, 0.05) is 5.02 Å². The maximum absolute atomic E-state index is 10.6. The van der Waals surface area contributed by atoms with Gasteiger partial charge in [-0.05, 0) is 24.6 Å². The molecule has 0 fully saturated rings. The molecule has 0 aliphatic heterocycles. The van der Waals surface area contributed by atoms with Crippen LogP contribution in [0.2, 0.25) is 5.02 Å². The fourth-order valence-corrected chi connectivity index (χ4v) is 1.82. The van der Waals surface area contributed by atoms with Crippen molar-refractivity contribution in [2.45, 2.75) is 11.8 Å². The summed E-state index contributed by atoms with van der Waals surface area (Å²) in [6, 6.07) is 4.20. The molecule has 0 radical (unpaired) electrons. The summed E-state index contributed by atoms with van der Waals surface area (Å²) < 4.78 is 31.8. The van der Waals surface area contributed by atoms with E-state index in [1.54, 1.807) is 0 Å². The van der Waals surface area contributed by atoms with Crippen molar-refractivity contribution in [3.05, 3.63) is 28.8 Å². The number of halogens is 1. The number of hydrogen-bond acceptors (Lipinski definition) is 3. The van der Waals surface area contributed by atoms with Gasteiger partial charge in [-0.3, -0.25) is 0 Å². The van der Waals surface area contributed by atoms with Crippen LogP contribution in [0, 0.1) is 6.92 Å². The van der Waals surface area contributed by atoms with Crippen LogP contribution in [-0.4, -0.2) is 13.0 Å². The van der Waals surface area contributed by atoms with Gasteiger partial charge >= 0.3 is 29.6 Å². The van der Waals surface area contributed by atoms with Crippen LogP contribution >= 0.6 is 11.6 Å². The van der Waals surface area contributed by atoms with Crippen molar-refractivity contribution in [3.63, 3.8) is 0 Å². The second-order valence-corrected chi connectivity index (χ2v) is 4.07. The van der Waals surface area contributed by atoms with Crippen LogP contribution in [-0.2, 0) is 10.1 Å². The van der Waals surface area contributed by atoms with Crippen molar-refractivity contribution in [3.8, 4) is 0 Å². The molecular weight excluding hydrogens is 223 g/mol. The maximum Gasteiger partial charge on any atom is 1.00 e. The quantitative estimate of drug-likeness (QED) is 0.437. The van der Waals surface area contributed by atoms with Crippen molar-refractivity contribution < 1.29 is 42.5 Å². The fourth-order valence-electron chi connectivity index (χ4n) is 0.859. The van der Waals surface area contributed by atoms with E-state index in [-0.39, 0.29) is 39.5 Å². The van der Waals surface area contributed by atoms with E-state index in [1.165, 1.54) is 25.1 Å². The Kier molecular flexibility index (Phi) is 4.93. The van der Waals surface area contributed by atoms with Crippen LogP contribution < -0.4 is 29.6 Å².